The number of nitrogens with zero attached hydrogens (tertiary/aromatic N) is 3. The molecule has 28 heavy (non-hydrogen) atoms. The van der Waals surface area contributed by atoms with Crippen LogP contribution in [0.1, 0.15) is 52.5 Å². The highest BCUT2D eigenvalue weighted by molar-refractivity contribution is 9.10. The lowest BCUT2D eigenvalue weighted by molar-refractivity contribution is 0.0252. The number of carbonyl (C=O) groups is 1. The Labute approximate surface area is 175 Å². The van der Waals surface area contributed by atoms with Crippen molar-refractivity contribution in [1.29, 1.82) is 0 Å². The van der Waals surface area contributed by atoms with E-state index in [0.29, 0.717) is 12.5 Å². The molecule has 1 saturated heterocycles. The van der Waals surface area contributed by atoms with Crippen molar-refractivity contribution in [3.63, 3.8) is 0 Å². The SMILES string of the molecule is CCc1cc(Br)cc2cnc(N[C@H]3CCCCN(C(=O)OC(C)(C)C)C3)nc12. The van der Waals surface area contributed by atoms with E-state index in [-0.39, 0.29) is 12.1 Å². The number of carbonyl (C=O) groups excluding carboxylic acids is 1. The molecule has 2 heterocycles. The van der Waals surface area contributed by atoms with Crippen molar-refractivity contribution in [2.24, 2.45) is 0 Å². The Kier molecular flexibility index (Phi) is 6.43. The molecule has 1 aliphatic heterocycles. The highest BCUT2D eigenvalue weighted by atomic mass is 79.9. The second-order valence-corrected chi connectivity index (χ2v) is 9.23. The number of aromatic nitrogens is 2. The molecule has 1 N–H and O–H groups in total. The molecule has 1 aromatic carbocycles. The fourth-order valence-corrected chi connectivity index (χ4v) is 3.98. The Bertz CT molecular complexity index is 850. The van der Waals surface area contributed by atoms with Crippen LogP contribution in [0.2, 0.25) is 0 Å². The predicted octanol–water partition coefficient (Wildman–Crippen LogP) is 5.16. The molecule has 0 bridgehead atoms. The van der Waals surface area contributed by atoms with E-state index in [9.17, 15) is 4.79 Å². The number of likely N-dealkylation sites (tertiary alicyclic amines) is 1. The third-order valence-corrected chi connectivity index (χ3v) is 5.22. The van der Waals surface area contributed by atoms with E-state index in [0.717, 1.165) is 47.6 Å². The molecule has 0 radical (unpaired) electrons. The second-order valence-electron chi connectivity index (χ2n) is 8.31. The molecule has 1 amide bonds. The summed E-state index contributed by atoms with van der Waals surface area (Å²) in [6.07, 6.45) is 5.52. The lowest BCUT2D eigenvalue weighted by Gasteiger charge is -2.28. The van der Waals surface area contributed by atoms with Gasteiger partial charge in [0, 0.05) is 35.2 Å². The van der Waals surface area contributed by atoms with Gasteiger partial charge in [0.05, 0.1) is 5.52 Å². The van der Waals surface area contributed by atoms with Gasteiger partial charge >= 0.3 is 6.09 Å². The minimum atomic E-state index is -0.488. The minimum absolute atomic E-state index is 0.105. The summed E-state index contributed by atoms with van der Waals surface area (Å²) in [5.74, 6) is 0.612. The zero-order valence-electron chi connectivity index (χ0n) is 17.1. The zero-order chi connectivity index (χ0) is 20.3. The number of aryl methyl sites for hydroxylation is 1. The average molecular weight is 449 g/mol. The van der Waals surface area contributed by atoms with Gasteiger partial charge in [0.15, 0.2) is 0 Å². The quantitative estimate of drug-likeness (QED) is 0.702. The van der Waals surface area contributed by atoms with Crippen LogP contribution in [0.5, 0.6) is 0 Å². The minimum Gasteiger partial charge on any atom is -0.444 e. The normalized spacial score (nSPS) is 18.0. The molecule has 1 fully saturated rings. The van der Waals surface area contributed by atoms with E-state index in [2.05, 4.69) is 39.2 Å². The second kappa shape index (κ2) is 8.64. The fourth-order valence-electron chi connectivity index (χ4n) is 3.45. The zero-order valence-corrected chi connectivity index (χ0v) is 18.7. The summed E-state index contributed by atoms with van der Waals surface area (Å²) < 4.78 is 6.59. The number of benzene rings is 1. The first-order valence-electron chi connectivity index (χ1n) is 9.95. The van der Waals surface area contributed by atoms with Gasteiger partial charge in [0.25, 0.3) is 0 Å². The van der Waals surface area contributed by atoms with Gasteiger partial charge < -0.3 is 15.0 Å². The van der Waals surface area contributed by atoms with Gasteiger partial charge in [-0.3, -0.25) is 0 Å². The van der Waals surface area contributed by atoms with Gasteiger partial charge in [-0.25, -0.2) is 14.8 Å². The number of nitrogens with one attached hydrogen (secondary N) is 1. The molecule has 6 nitrogen and oxygen atoms in total. The van der Waals surface area contributed by atoms with Crippen LogP contribution in [0, 0.1) is 0 Å². The van der Waals surface area contributed by atoms with Crippen molar-refractivity contribution in [2.45, 2.75) is 65.0 Å². The van der Waals surface area contributed by atoms with Crippen molar-refractivity contribution in [2.75, 3.05) is 18.4 Å². The summed E-state index contributed by atoms with van der Waals surface area (Å²) in [7, 11) is 0. The predicted molar refractivity (Wildman–Crippen MR) is 116 cm³/mol. The maximum Gasteiger partial charge on any atom is 0.410 e. The van der Waals surface area contributed by atoms with Crippen molar-refractivity contribution < 1.29 is 9.53 Å². The molecule has 0 aliphatic carbocycles. The van der Waals surface area contributed by atoms with Gasteiger partial charge in [0.2, 0.25) is 5.95 Å². The molecule has 0 unspecified atom stereocenters. The van der Waals surface area contributed by atoms with Crippen LogP contribution >= 0.6 is 15.9 Å². The van der Waals surface area contributed by atoms with Crippen molar-refractivity contribution in [3.05, 3.63) is 28.4 Å². The van der Waals surface area contributed by atoms with Gasteiger partial charge in [-0.15, -0.1) is 0 Å². The molecular weight excluding hydrogens is 420 g/mol. The molecule has 7 heteroatoms. The van der Waals surface area contributed by atoms with Crippen molar-refractivity contribution in [1.82, 2.24) is 14.9 Å². The van der Waals surface area contributed by atoms with Crippen LogP contribution in [-0.4, -0.2) is 45.7 Å². The molecule has 1 aliphatic rings. The lowest BCUT2D eigenvalue weighted by atomic mass is 10.1. The van der Waals surface area contributed by atoms with Crippen LogP contribution in [0.4, 0.5) is 10.7 Å². The Morgan fingerprint density at radius 3 is 2.86 bits per heavy atom. The Hall–Kier alpha value is -1.89. The van der Waals surface area contributed by atoms with Crippen LogP contribution in [0.25, 0.3) is 10.9 Å². The van der Waals surface area contributed by atoms with Crippen LogP contribution in [-0.2, 0) is 11.2 Å². The number of anilines is 1. The number of halogens is 1. The summed E-state index contributed by atoms with van der Waals surface area (Å²) in [5.41, 5.74) is 1.67. The third-order valence-electron chi connectivity index (χ3n) is 4.76. The lowest BCUT2D eigenvalue weighted by Crippen LogP contribution is -2.42. The first kappa shape index (κ1) is 20.8. The maximum absolute atomic E-state index is 12.5. The van der Waals surface area contributed by atoms with E-state index in [4.69, 9.17) is 9.72 Å². The summed E-state index contributed by atoms with van der Waals surface area (Å²) in [6, 6.07) is 4.25. The summed E-state index contributed by atoms with van der Waals surface area (Å²) in [6.45, 7) is 9.12. The smallest absolute Gasteiger partial charge is 0.410 e. The number of amides is 1. The van der Waals surface area contributed by atoms with Crippen molar-refractivity contribution in [3.8, 4) is 0 Å². The summed E-state index contributed by atoms with van der Waals surface area (Å²) in [5, 5.41) is 4.46. The molecule has 1 aromatic heterocycles. The van der Waals surface area contributed by atoms with E-state index in [1.54, 1.807) is 4.90 Å². The van der Waals surface area contributed by atoms with Gasteiger partial charge in [-0.05, 0) is 64.2 Å². The molecule has 0 saturated carbocycles. The topological polar surface area (TPSA) is 67.4 Å². The van der Waals surface area contributed by atoms with E-state index in [1.165, 1.54) is 5.56 Å². The maximum atomic E-state index is 12.5. The monoisotopic (exact) mass is 448 g/mol. The molecule has 1 atom stereocenters. The number of hydrogen-bond donors (Lipinski definition) is 1. The van der Waals surface area contributed by atoms with E-state index in [1.807, 2.05) is 33.0 Å². The standard InChI is InChI=1S/C21H29BrN4O2/c1-5-14-10-16(22)11-15-12-23-19(25-18(14)15)24-17-8-6-7-9-26(13-17)20(27)28-21(2,3)4/h10-12,17H,5-9,13H2,1-4H3,(H,23,24,25)/t17-/m0/s1. The van der Waals surface area contributed by atoms with Gasteiger partial charge in [-0.2, -0.15) is 0 Å². The van der Waals surface area contributed by atoms with Crippen LogP contribution in [0.15, 0.2) is 22.8 Å². The fraction of sp³-hybridized carbons (Fsp3) is 0.571. The van der Waals surface area contributed by atoms with E-state index < -0.39 is 5.60 Å². The number of rotatable bonds is 3. The number of ether oxygens (including phenoxy) is 1. The van der Waals surface area contributed by atoms with Gasteiger partial charge in [-0.1, -0.05) is 22.9 Å². The first-order valence-corrected chi connectivity index (χ1v) is 10.7. The third kappa shape index (κ3) is 5.34. The van der Waals surface area contributed by atoms with Crippen LogP contribution in [0.3, 0.4) is 0 Å². The number of fused-ring (bicyclic) bond motifs is 1. The molecule has 152 valence electrons. The summed E-state index contributed by atoms with van der Waals surface area (Å²) in [4.78, 5) is 23.6. The Morgan fingerprint density at radius 1 is 1.36 bits per heavy atom. The Balaban J connectivity index is 1.76. The first-order chi connectivity index (χ1) is 13.2. The highest BCUT2D eigenvalue weighted by Crippen LogP contribution is 2.24. The average Bonchev–Trinajstić information content (AvgIpc) is 2.85. The molecule has 2 aromatic rings. The van der Waals surface area contributed by atoms with E-state index >= 15 is 0 Å². The Morgan fingerprint density at radius 2 is 2.14 bits per heavy atom. The van der Waals surface area contributed by atoms with Gasteiger partial charge in [0.1, 0.15) is 5.60 Å². The largest absolute Gasteiger partial charge is 0.444 e. The molecule has 0 spiro atoms. The van der Waals surface area contributed by atoms with Crippen LogP contribution < -0.4 is 5.32 Å². The molecule has 3 rings (SSSR count). The van der Waals surface area contributed by atoms with Crippen molar-refractivity contribution >= 4 is 38.9 Å². The molecular formula is C21H29BrN4O2. The number of hydrogen-bond acceptors (Lipinski definition) is 5. The summed E-state index contributed by atoms with van der Waals surface area (Å²) >= 11 is 3.55. The highest BCUT2D eigenvalue weighted by Gasteiger charge is 2.26.